The van der Waals surface area contributed by atoms with Crippen LogP contribution in [0, 0.1) is 6.57 Å². The lowest BCUT2D eigenvalue weighted by atomic mass is 9.87. The maximum atomic E-state index is 7.76. The summed E-state index contributed by atoms with van der Waals surface area (Å²) in [6.45, 7) is 22.6. The van der Waals surface area contributed by atoms with Gasteiger partial charge in [-0.25, -0.2) is 11.5 Å². The zero-order chi connectivity index (χ0) is 16.2. The fourth-order valence-electron chi connectivity index (χ4n) is 3.55. The standard InChI is InChI=1S/C17H31N3O2/c1-15(2)21-13-11-19-7-9-20(10-8-19)17(18-5)6-12-22-16(3,4)14-17/h15H,6-14H2,1-4H3. The highest BCUT2D eigenvalue weighted by Gasteiger charge is 2.51. The minimum atomic E-state index is -0.359. The van der Waals surface area contributed by atoms with E-state index < -0.39 is 0 Å². The highest BCUT2D eigenvalue weighted by Crippen LogP contribution is 2.38. The Bertz CT molecular complexity index is 397. The fourth-order valence-corrected chi connectivity index (χ4v) is 3.55. The van der Waals surface area contributed by atoms with Crippen LogP contribution in [0.3, 0.4) is 0 Å². The van der Waals surface area contributed by atoms with Crippen LogP contribution in [0.2, 0.25) is 0 Å². The van der Waals surface area contributed by atoms with Crippen molar-refractivity contribution < 1.29 is 9.47 Å². The Hall–Kier alpha value is -0.670. The van der Waals surface area contributed by atoms with E-state index in [1.165, 1.54) is 0 Å². The second-order valence-corrected chi connectivity index (χ2v) is 7.38. The molecule has 0 aromatic carbocycles. The normalized spacial score (nSPS) is 30.4. The molecule has 2 saturated heterocycles. The van der Waals surface area contributed by atoms with Crippen molar-refractivity contribution >= 4 is 0 Å². The topological polar surface area (TPSA) is 29.3 Å². The summed E-state index contributed by atoms with van der Waals surface area (Å²) in [6, 6.07) is 0. The van der Waals surface area contributed by atoms with E-state index in [1.807, 2.05) is 0 Å². The molecule has 1 atom stereocenters. The largest absolute Gasteiger partial charge is 0.377 e. The molecule has 1 unspecified atom stereocenters. The van der Waals surface area contributed by atoms with Crippen LogP contribution in [-0.2, 0) is 9.47 Å². The Labute approximate surface area is 135 Å². The zero-order valence-electron chi connectivity index (χ0n) is 14.6. The van der Waals surface area contributed by atoms with Gasteiger partial charge in [0.05, 0.1) is 37.8 Å². The van der Waals surface area contributed by atoms with Gasteiger partial charge < -0.3 is 9.47 Å². The lowest BCUT2D eigenvalue weighted by Crippen LogP contribution is -2.60. The Kier molecular flexibility index (Phi) is 5.84. The maximum absolute atomic E-state index is 7.76. The summed E-state index contributed by atoms with van der Waals surface area (Å²) in [6.07, 6.45) is 1.94. The summed E-state index contributed by atoms with van der Waals surface area (Å²) in [7, 11) is 0. The average molecular weight is 309 g/mol. The molecule has 5 nitrogen and oxygen atoms in total. The summed E-state index contributed by atoms with van der Waals surface area (Å²) in [5.41, 5.74) is -0.548. The van der Waals surface area contributed by atoms with E-state index in [0.717, 1.165) is 52.2 Å². The zero-order valence-corrected chi connectivity index (χ0v) is 14.6. The predicted molar refractivity (Wildman–Crippen MR) is 87.7 cm³/mol. The number of ether oxygens (including phenoxy) is 2. The van der Waals surface area contributed by atoms with Gasteiger partial charge in [0.25, 0.3) is 5.66 Å². The summed E-state index contributed by atoms with van der Waals surface area (Å²) in [4.78, 5) is 8.90. The Morgan fingerprint density at radius 2 is 1.91 bits per heavy atom. The van der Waals surface area contributed by atoms with Gasteiger partial charge in [0, 0.05) is 32.7 Å². The minimum absolute atomic E-state index is 0.189. The van der Waals surface area contributed by atoms with Crippen LogP contribution in [0.25, 0.3) is 4.85 Å². The molecule has 0 N–H and O–H groups in total. The summed E-state index contributed by atoms with van der Waals surface area (Å²) in [5, 5.41) is 0. The van der Waals surface area contributed by atoms with E-state index in [0.29, 0.717) is 12.7 Å². The van der Waals surface area contributed by atoms with E-state index >= 15 is 0 Å². The molecule has 0 saturated carbocycles. The molecule has 0 spiro atoms. The number of rotatable bonds is 5. The molecular weight excluding hydrogens is 278 g/mol. The van der Waals surface area contributed by atoms with Crippen molar-refractivity contribution in [2.24, 2.45) is 0 Å². The van der Waals surface area contributed by atoms with E-state index in [1.54, 1.807) is 0 Å². The SMILES string of the molecule is [C-]#[N+]C1(N2CCN(CCOC(C)C)CC2)CCOC(C)(C)C1. The monoisotopic (exact) mass is 309 g/mol. The lowest BCUT2D eigenvalue weighted by molar-refractivity contribution is -0.113. The number of hydrogen-bond acceptors (Lipinski definition) is 4. The Balaban J connectivity index is 1.86. The van der Waals surface area contributed by atoms with Gasteiger partial charge in [-0.2, -0.15) is 0 Å². The van der Waals surface area contributed by atoms with Crippen LogP contribution < -0.4 is 0 Å². The molecule has 0 bridgehead atoms. The van der Waals surface area contributed by atoms with Gasteiger partial charge in [-0.05, 0) is 27.7 Å². The first kappa shape index (κ1) is 17.7. The summed E-state index contributed by atoms with van der Waals surface area (Å²) >= 11 is 0. The van der Waals surface area contributed by atoms with Crippen molar-refractivity contribution in [3.63, 3.8) is 0 Å². The molecule has 0 aliphatic carbocycles. The molecule has 2 aliphatic heterocycles. The van der Waals surface area contributed by atoms with Crippen molar-refractivity contribution in [2.45, 2.75) is 57.9 Å². The van der Waals surface area contributed by atoms with Crippen LogP contribution >= 0.6 is 0 Å². The van der Waals surface area contributed by atoms with Crippen molar-refractivity contribution in [1.82, 2.24) is 9.80 Å². The van der Waals surface area contributed by atoms with Crippen LogP contribution in [0.15, 0.2) is 0 Å². The first-order valence-electron chi connectivity index (χ1n) is 8.48. The number of piperazine rings is 1. The number of nitrogens with zero attached hydrogens (tertiary/aromatic N) is 3. The quantitative estimate of drug-likeness (QED) is 0.728. The highest BCUT2D eigenvalue weighted by molar-refractivity contribution is 5.05. The van der Waals surface area contributed by atoms with E-state index in [2.05, 4.69) is 42.3 Å². The van der Waals surface area contributed by atoms with Gasteiger partial charge in [-0.1, -0.05) is 0 Å². The molecular formula is C17H31N3O2. The van der Waals surface area contributed by atoms with Crippen LogP contribution in [0.4, 0.5) is 0 Å². The van der Waals surface area contributed by atoms with Crippen molar-refractivity contribution in [1.29, 1.82) is 0 Å². The van der Waals surface area contributed by atoms with Gasteiger partial charge in [0.1, 0.15) is 0 Å². The van der Waals surface area contributed by atoms with Gasteiger partial charge in [-0.3, -0.25) is 9.74 Å². The molecule has 126 valence electrons. The molecule has 2 fully saturated rings. The van der Waals surface area contributed by atoms with Gasteiger partial charge in [0.15, 0.2) is 0 Å². The van der Waals surface area contributed by atoms with E-state index in [9.17, 15) is 0 Å². The molecule has 22 heavy (non-hydrogen) atoms. The van der Waals surface area contributed by atoms with Gasteiger partial charge in [0.2, 0.25) is 0 Å². The van der Waals surface area contributed by atoms with E-state index in [-0.39, 0.29) is 11.3 Å². The van der Waals surface area contributed by atoms with Crippen molar-refractivity contribution in [3.05, 3.63) is 11.4 Å². The van der Waals surface area contributed by atoms with Crippen LogP contribution in [-0.4, -0.2) is 73.1 Å². The molecule has 2 heterocycles. The van der Waals surface area contributed by atoms with Gasteiger partial charge in [-0.15, -0.1) is 0 Å². The maximum Gasteiger partial charge on any atom is 0.293 e. The number of hydrogen-bond donors (Lipinski definition) is 0. The molecule has 2 aliphatic rings. The first-order chi connectivity index (χ1) is 10.4. The lowest BCUT2D eigenvalue weighted by Gasteiger charge is -2.45. The third-order valence-corrected chi connectivity index (χ3v) is 4.73. The molecule has 0 aromatic heterocycles. The summed E-state index contributed by atoms with van der Waals surface area (Å²) in [5.74, 6) is 0. The van der Waals surface area contributed by atoms with Crippen LogP contribution in [0.1, 0.15) is 40.5 Å². The van der Waals surface area contributed by atoms with E-state index in [4.69, 9.17) is 16.0 Å². The Morgan fingerprint density at radius 3 is 2.45 bits per heavy atom. The van der Waals surface area contributed by atoms with Gasteiger partial charge >= 0.3 is 0 Å². The predicted octanol–water partition coefficient (Wildman–Crippen LogP) is 2.23. The Morgan fingerprint density at radius 1 is 1.23 bits per heavy atom. The fraction of sp³-hybridized carbons (Fsp3) is 0.941. The minimum Gasteiger partial charge on any atom is -0.377 e. The molecule has 0 radical (unpaired) electrons. The third-order valence-electron chi connectivity index (χ3n) is 4.73. The molecule has 0 aromatic rings. The summed E-state index contributed by atoms with van der Waals surface area (Å²) < 4.78 is 11.4. The highest BCUT2D eigenvalue weighted by atomic mass is 16.5. The first-order valence-corrected chi connectivity index (χ1v) is 8.48. The third kappa shape index (κ3) is 4.42. The molecule has 2 rings (SSSR count). The smallest absolute Gasteiger partial charge is 0.293 e. The average Bonchev–Trinajstić information content (AvgIpc) is 2.46. The van der Waals surface area contributed by atoms with Crippen molar-refractivity contribution in [3.8, 4) is 0 Å². The second-order valence-electron chi connectivity index (χ2n) is 7.38. The van der Waals surface area contributed by atoms with Crippen LogP contribution in [0.5, 0.6) is 0 Å². The van der Waals surface area contributed by atoms with Crippen molar-refractivity contribution in [2.75, 3.05) is 45.9 Å². The molecule has 0 amide bonds. The second kappa shape index (κ2) is 7.27. The molecule has 5 heteroatoms.